The standard InChI is InChI=1S/C12H14N2O8S/c1-3-6-4-14(12(18)13-10(6)17)11-8(16)9(7(5-15)21-11)22-23(2,19)20/h1,4,7-9,11,15-16H,5H2,2H3,(H,13,17,18)/t7-,8-,9+,11-/m1/s1. The summed E-state index contributed by atoms with van der Waals surface area (Å²) in [6.45, 7) is -0.659. The van der Waals surface area contributed by atoms with Gasteiger partial charge in [0.1, 0.15) is 23.9 Å². The van der Waals surface area contributed by atoms with Crippen molar-refractivity contribution >= 4 is 10.1 Å². The minimum atomic E-state index is -3.95. The summed E-state index contributed by atoms with van der Waals surface area (Å²) in [6, 6.07) is 0. The van der Waals surface area contributed by atoms with Gasteiger partial charge in [-0.15, -0.1) is 6.42 Å². The van der Waals surface area contributed by atoms with E-state index in [9.17, 15) is 28.2 Å². The molecule has 126 valence electrons. The maximum atomic E-state index is 11.9. The van der Waals surface area contributed by atoms with Crippen LogP contribution in [0.1, 0.15) is 11.8 Å². The van der Waals surface area contributed by atoms with Gasteiger partial charge in [0.2, 0.25) is 0 Å². The van der Waals surface area contributed by atoms with Gasteiger partial charge in [-0.3, -0.25) is 18.5 Å². The molecule has 2 rings (SSSR count). The largest absolute Gasteiger partial charge is 0.394 e. The van der Waals surface area contributed by atoms with E-state index in [-0.39, 0.29) is 5.56 Å². The lowest BCUT2D eigenvalue weighted by Crippen LogP contribution is -2.40. The molecule has 2 heterocycles. The van der Waals surface area contributed by atoms with Crippen LogP contribution < -0.4 is 11.2 Å². The number of aliphatic hydroxyl groups is 2. The van der Waals surface area contributed by atoms with Gasteiger partial charge in [-0.1, -0.05) is 5.92 Å². The lowest BCUT2D eigenvalue weighted by molar-refractivity contribution is -0.0544. The maximum absolute atomic E-state index is 11.9. The number of ether oxygens (including phenoxy) is 1. The summed E-state index contributed by atoms with van der Waals surface area (Å²) in [7, 11) is -3.95. The van der Waals surface area contributed by atoms with E-state index in [0.717, 1.165) is 17.0 Å². The van der Waals surface area contributed by atoms with Gasteiger partial charge in [-0.2, -0.15) is 8.42 Å². The van der Waals surface area contributed by atoms with Crippen LogP contribution in [-0.2, 0) is 19.0 Å². The summed E-state index contributed by atoms with van der Waals surface area (Å²) in [6.07, 6.45) is 1.28. The molecular weight excluding hydrogens is 332 g/mol. The lowest BCUT2D eigenvalue weighted by Gasteiger charge is -2.18. The number of aromatic nitrogens is 2. The maximum Gasteiger partial charge on any atom is 0.330 e. The molecule has 0 unspecified atom stereocenters. The fraction of sp³-hybridized carbons (Fsp3) is 0.500. The molecular formula is C12H14N2O8S. The Morgan fingerprint density at radius 2 is 2.17 bits per heavy atom. The predicted molar refractivity (Wildman–Crippen MR) is 76.0 cm³/mol. The van der Waals surface area contributed by atoms with Crippen LogP contribution in [0.2, 0.25) is 0 Å². The monoisotopic (exact) mass is 346 g/mol. The number of terminal acetylenes is 1. The summed E-state index contributed by atoms with van der Waals surface area (Å²) in [5.41, 5.74) is -1.90. The van der Waals surface area contributed by atoms with Crippen LogP contribution in [0.25, 0.3) is 0 Å². The van der Waals surface area contributed by atoms with Crippen molar-refractivity contribution in [2.45, 2.75) is 24.5 Å². The Morgan fingerprint density at radius 1 is 1.52 bits per heavy atom. The smallest absolute Gasteiger partial charge is 0.330 e. The van der Waals surface area contributed by atoms with Crippen molar-refractivity contribution in [1.29, 1.82) is 0 Å². The van der Waals surface area contributed by atoms with Crippen LogP contribution in [-0.4, -0.2) is 59.4 Å². The Hall–Kier alpha value is -1.97. The quantitative estimate of drug-likeness (QED) is 0.389. The Bertz CT molecular complexity index is 849. The van der Waals surface area contributed by atoms with Crippen LogP contribution in [0.15, 0.2) is 15.8 Å². The number of aliphatic hydroxyl groups excluding tert-OH is 2. The first-order valence-electron chi connectivity index (χ1n) is 6.32. The minimum Gasteiger partial charge on any atom is -0.394 e. The number of hydrogen-bond donors (Lipinski definition) is 3. The molecule has 1 aliphatic heterocycles. The molecule has 10 nitrogen and oxygen atoms in total. The molecule has 3 N–H and O–H groups in total. The zero-order valence-electron chi connectivity index (χ0n) is 11.9. The molecule has 0 aliphatic carbocycles. The van der Waals surface area contributed by atoms with Crippen molar-refractivity contribution in [2.24, 2.45) is 0 Å². The summed E-state index contributed by atoms with van der Waals surface area (Å²) < 4.78 is 33.2. The second-order valence-corrected chi connectivity index (χ2v) is 6.46. The first kappa shape index (κ1) is 17.4. The first-order valence-corrected chi connectivity index (χ1v) is 8.14. The Labute approximate surface area is 130 Å². The van der Waals surface area contributed by atoms with Gasteiger partial charge in [0.15, 0.2) is 6.23 Å². The third-order valence-corrected chi connectivity index (χ3v) is 3.74. The van der Waals surface area contributed by atoms with Crippen molar-refractivity contribution in [1.82, 2.24) is 9.55 Å². The molecule has 0 spiro atoms. The average Bonchev–Trinajstić information content (AvgIpc) is 2.74. The molecule has 1 aromatic rings. The van der Waals surface area contributed by atoms with Gasteiger partial charge in [-0.25, -0.2) is 4.79 Å². The summed E-state index contributed by atoms with van der Waals surface area (Å²) in [5, 5.41) is 19.4. The van der Waals surface area contributed by atoms with Crippen molar-refractivity contribution in [3.05, 3.63) is 32.6 Å². The van der Waals surface area contributed by atoms with Crippen molar-refractivity contribution < 1.29 is 27.6 Å². The van der Waals surface area contributed by atoms with Crippen molar-refractivity contribution in [3.8, 4) is 12.3 Å². The zero-order valence-corrected chi connectivity index (χ0v) is 12.7. The molecule has 1 fully saturated rings. The Balaban J connectivity index is 2.44. The number of aromatic amines is 1. The van der Waals surface area contributed by atoms with Crippen LogP contribution in [0.3, 0.4) is 0 Å². The Morgan fingerprint density at radius 3 is 2.70 bits per heavy atom. The zero-order chi connectivity index (χ0) is 17.4. The summed E-state index contributed by atoms with van der Waals surface area (Å²) >= 11 is 0. The normalized spacial score (nSPS) is 27.7. The van der Waals surface area contributed by atoms with E-state index >= 15 is 0 Å². The fourth-order valence-corrected chi connectivity index (χ4v) is 2.84. The molecule has 0 saturated carbocycles. The van der Waals surface area contributed by atoms with E-state index in [4.69, 9.17) is 15.3 Å². The van der Waals surface area contributed by atoms with E-state index < -0.39 is 52.5 Å². The van der Waals surface area contributed by atoms with Crippen molar-refractivity contribution in [3.63, 3.8) is 0 Å². The molecule has 0 aromatic carbocycles. The Kier molecular flexibility index (Phi) is 4.73. The van der Waals surface area contributed by atoms with Gasteiger partial charge >= 0.3 is 5.69 Å². The van der Waals surface area contributed by atoms with E-state index in [1.165, 1.54) is 0 Å². The van der Waals surface area contributed by atoms with Crippen LogP contribution in [0, 0.1) is 12.3 Å². The molecule has 1 aromatic heterocycles. The second-order valence-electron chi connectivity index (χ2n) is 4.86. The topological polar surface area (TPSA) is 148 Å². The summed E-state index contributed by atoms with van der Waals surface area (Å²) in [4.78, 5) is 25.2. The highest BCUT2D eigenvalue weighted by molar-refractivity contribution is 7.86. The van der Waals surface area contributed by atoms with E-state index in [1.807, 2.05) is 4.98 Å². The SMILES string of the molecule is C#Cc1cn([C@@H]2O[C@H](CO)[C@H](OS(C)(=O)=O)[C@H]2O)c(=O)[nH]c1=O. The van der Waals surface area contributed by atoms with Gasteiger partial charge in [-0.05, 0) is 0 Å². The second kappa shape index (κ2) is 6.26. The molecule has 0 radical (unpaired) electrons. The predicted octanol–water partition coefficient (Wildman–Crippen LogP) is -2.89. The van der Waals surface area contributed by atoms with Gasteiger partial charge in [0, 0.05) is 6.20 Å². The highest BCUT2D eigenvalue weighted by Gasteiger charge is 2.47. The minimum absolute atomic E-state index is 0.187. The van der Waals surface area contributed by atoms with Gasteiger partial charge < -0.3 is 14.9 Å². The first-order chi connectivity index (χ1) is 10.7. The van der Waals surface area contributed by atoms with Gasteiger partial charge in [0.05, 0.1) is 12.9 Å². The van der Waals surface area contributed by atoms with E-state index in [1.54, 1.807) is 0 Å². The fourth-order valence-electron chi connectivity index (χ4n) is 2.19. The molecule has 1 saturated heterocycles. The molecule has 23 heavy (non-hydrogen) atoms. The molecule has 0 bridgehead atoms. The number of rotatable bonds is 4. The van der Waals surface area contributed by atoms with Gasteiger partial charge in [0.25, 0.3) is 15.7 Å². The number of H-pyrrole nitrogens is 1. The molecule has 4 atom stereocenters. The summed E-state index contributed by atoms with van der Waals surface area (Å²) in [5.74, 6) is 2.06. The van der Waals surface area contributed by atoms with E-state index in [2.05, 4.69) is 5.92 Å². The van der Waals surface area contributed by atoms with Crippen LogP contribution in [0.5, 0.6) is 0 Å². The highest BCUT2D eigenvalue weighted by Crippen LogP contribution is 2.31. The van der Waals surface area contributed by atoms with E-state index in [0.29, 0.717) is 0 Å². The van der Waals surface area contributed by atoms with Crippen molar-refractivity contribution in [2.75, 3.05) is 12.9 Å². The number of hydrogen-bond acceptors (Lipinski definition) is 8. The molecule has 11 heteroatoms. The third kappa shape index (κ3) is 3.52. The average molecular weight is 346 g/mol. The lowest BCUT2D eigenvalue weighted by atomic mass is 10.1. The van der Waals surface area contributed by atoms with Crippen LogP contribution >= 0.6 is 0 Å². The molecule has 1 aliphatic rings. The van der Waals surface area contributed by atoms with Crippen LogP contribution in [0.4, 0.5) is 0 Å². The number of nitrogens with zero attached hydrogens (tertiary/aromatic N) is 1. The number of nitrogens with one attached hydrogen (secondary N) is 1. The highest BCUT2D eigenvalue weighted by atomic mass is 32.2. The molecule has 0 amide bonds. The third-order valence-electron chi connectivity index (χ3n) is 3.17.